The highest BCUT2D eigenvalue weighted by molar-refractivity contribution is 5.96. The predicted molar refractivity (Wildman–Crippen MR) is 87.3 cm³/mol. The third kappa shape index (κ3) is 3.27. The molecule has 1 heterocycles. The van der Waals surface area contributed by atoms with E-state index in [-0.39, 0.29) is 6.04 Å². The minimum absolute atomic E-state index is 0.0758. The Morgan fingerprint density at radius 2 is 1.91 bits per heavy atom. The summed E-state index contributed by atoms with van der Waals surface area (Å²) in [6.45, 7) is 2.04. The van der Waals surface area contributed by atoms with E-state index in [2.05, 4.69) is 15.3 Å². The molecule has 3 aromatic rings. The maximum atomic E-state index is 11.5. The molecule has 116 valence electrons. The topological polar surface area (TPSA) is 87.1 Å². The van der Waals surface area contributed by atoms with Crippen molar-refractivity contribution in [3.8, 4) is 0 Å². The second kappa shape index (κ2) is 6.41. The molecule has 0 unspecified atom stereocenters. The summed E-state index contributed by atoms with van der Waals surface area (Å²) in [7, 11) is 0. The molecule has 1 aromatic heterocycles. The number of nitrogens with zero attached hydrogens (tertiary/aromatic N) is 2. The molecule has 1 atom stereocenters. The molecule has 1 amide bonds. The van der Waals surface area contributed by atoms with Crippen molar-refractivity contribution >= 4 is 22.8 Å². The van der Waals surface area contributed by atoms with Gasteiger partial charge in [0.1, 0.15) is 5.82 Å². The van der Waals surface area contributed by atoms with Gasteiger partial charge in [-0.2, -0.15) is 0 Å². The Morgan fingerprint density at radius 1 is 1.13 bits per heavy atom. The van der Waals surface area contributed by atoms with Crippen molar-refractivity contribution in [3.63, 3.8) is 0 Å². The van der Waals surface area contributed by atoms with Crippen LogP contribution in [0.5, 0.6) is 0 Å². The Morgan fingerprint density at radius 3 is 2.65 bits per heavy atom. The summed E-state index contributed by atoms with van der Waals surface area (Å²) in [5.41, 5.74) is 4.33. The zero-order chi connectivity index (χ0) is 16.2. The van der Waals surface area contributed by atoms with Crippen LogP contribution in [0.15, 0.2) is 54.7 Å². The number of hydroxylamine groups is 1. The van der Waals surface area contributed by atoms with Gasteiger partial charge in [0.05, 0.1) is 17.2 Å². The number of rotatable bonds is 4. The Labute approximate surface area is 133 Å². The lowest BCUT2D eigenvalue weighted by Gasteiger charge is -2.15. The highest BCUT2D eigenvalue weighted by Gasteiger charge is 2.09. The van der Waals surface area contributed by atoms with Crippen LogP contribution >= 0.6 is 0 Å². The number of carbonyl (C=O) groups excluding carboxylic acids is 1. The number of anilines is 1. The Balaban J connectivity index is 1.88. The summed E-state index contributed by atoms with van der Waals surface area (Å²) in [6, 6.07) is 15.0. The van der Waals surface area contributed by atoms with Crippen molar-refractivity contribution in [2.75, 3.05) is 5.32 Å². The van der Waals surface area contributed by atoms with E-state index in [1.54, 1.807) is 29.9 Å². The van der Waals surface area contributed by atoms with Gasteiger partial charge < -0.3 is 5.32 Å². The lowest BCUT2D eigenvalue weighted by atomic mass is 10.1. The predicted octanol–water partition coefficient (Wildman–Crippen LogP) is 2.92. The fourth-order valence-electron chi connectivity index (χ4n) is 2.33. The lowest BCUT2D eigenvalue weighted by molar-refractivity contribution is 0.0706. The van der Waals surface area contributed by atoms with Crippen molar-refractivity contribution in [1.29, 1.82) is 0 Å². The number of fused-ring (bicyclic) bond motifs is 1. The molecule has 23 heavy (non-hydrogen) atoms. The minimum Gasteiger partial charge on any atom is -0.362 e. The maximum Gasteiger partial charge on any atom is 0.274 e. The van der Waals surface area contributed by atoms with E-state index < -0.39 is 5.91 Å². The van der Waals surface area contributed by atoms with Gasteiger partial charge in [-0.3, -0.25) is 15.0 Å². The second-order valence-corrected chi connectivity index (χ2v) is 5.18. The number of hydrogen-bond donors (Lipinski definition) is 3. The summed E-state index contributed by atoms with van der Waals surface area (Å²) in [6.07, 6.45) is 1.66. The Bertz CT molecular complexity index is 836. The summed E-state index contributed by atoms with van der Waals surface area (Å²) in [5.74, 6) is 0.0418. The molecule has 3 rings (SSSR count). The van der Waals surface area contributed by atoms with Crippen molar-refractivity contribution < 1.29 is 10.0 Å². The first-order chi connectivity index (χ1) is 11.2. The zero-order valence-electron chi connectivity index (χ0n) is 12.5. The molecule has 0 aliphatic rings. The van der Waals surface area contributed by atoms with Gasteiger partial charge >= 0.3 is 0 Å². The van der Waals surface area contributed by atoms with Crippen LogP contribution in [-0.2, 0) is 0 Å². The molecule has 0 spiro atoms. The van der Waals surface area contributed by atoms with E-state index in [1.807, 2.05) is 37.3 Å². The zero-order valence-corrected chi connectivity index (χ0v) is 12.5. The van der Waals surface area contributed by atoms with Crippen LogP contribution in [0.3, 0.4) is 0 Å². The Hall–Kier alpha value is -2.99. The van der Waals surface area contributed by atoms with Gasteiger partial charge in [-0.1, -0.05) is 30.3 Å². The standard InChI is InChI=1S/C17H16N4O2/c1-11(12-5-3-2-4-6-12)19-16-10-18-14-8-7-13(17(22)21-23)9-15(14)20-16/h2-11,23H,1H3,(H,19,20)(H,21,22)/t11-/m0/s1. The van der Waals surface area contributed by atoms with Gasteiger partial charge in [0, 0.05) is 11.6 Å². The van der Waals surface area contributed by atoms with E-state index in [4.69, 9.17) is 5.21 Å². The van der Waals surface area contributed by atoms with Crippen molar-refractivity contribution in [2.45, 2.75) is 13.0 Å². The fourth-order valence-corrected chi connectivity index (χ4v) is 2.33. The van der Waals surface area contributed by atoms with Gasteiger partial charge in [-0.15, -0.1) is 0 Å². The molecule has 0 aliphatic carbocycles. The van der Waals surface area contributed by atoms with Crippen molar-refractivity contribution in [3.05, 3.63) is 65.9 Å². The Kier molecular flexibility index (Phi) is 4.16. The lowest BCUT2D eigenvalue weighted by Crippen LogP contribution is -2.18. The summed E-state index contributed by atoms with van der Waals surface area (Å²) in [5, 5.41) is 12.0. The molecule has 3 N–H and O–H groups in total. The molecule has 0 fully saturated rings. The summed E-state index contributed by atoms with van der Waals surface area (Å²) in [4.78, 5) is 20.3. The van der Waals surface area contributed by atoms with Gasteiger partial charge in [0.15, 0.2) is 0 Å². The molecule has 6 heteroatoms. The maximum absolute atomic E-state index is 11.5. The normalized spacial score (nSPS) is 11.9. The monoisotopic (exact) mass is 308 g/mol. The van der Waals surface area contributed by atoms with Crippen LogP contribution in [0.2, 0.25) is 0 Å². The first-order valence-corrected chi connectivity index (χ1v) is 7.20. The van der Waals surface area contributed by atoms with Gasteiger partial charge in [-0.05, 0) is 30.7 Å². The van der Waals surface area contributed by atoms with Gasteiger partial charge in [0.25, 0.3) is 5.91 Å². The van der Waals surface area contributed by atoms with E-state index in [0.29, 0.717) is 22.4 Å². The third-order valence-electron chi connectivity index (χ3n) is 3.57. The fraction of sp³-hybridized carbons (Fsp3) is 0.118. The molecule has 6 nitrogen and oxygen atoms in total. The van der Waals surface area contributed by atoms with Crippen LogP contribution in [0.4, 0.5) is 5.82 Å². The van der Waals surface area contributed by atoms with Crippen LogP contribution in [0.1, 0.15) is 28.9 Å². The SMILES string of the molecule is C[C@H](Nc1cnc2ccc(C(=O)NO)cc2n1)c1ccccc1. The number of carbonyl (C=O) groups is 1. The van der Waals surface area contributed by atoms with Crippen molar-refractivity contribution in [2.24, 2.45) is 0 Å². The largest absolute Gasteiger partial charge is 0.362 e. The van der Waals surface area contributed by atoms with Crippen LogP contribution in [-0.4, -0.2) is 21.1 Å². The van der Waals surface area contributed by atoms with Crippen LogP contribution in [0.25, 0.3) is 11.0 Å². The molecule has 0 saturated heterocycles. The average Bonchev–Trinajstić information content (AvgIpc) is 2.61. The van der Waals surface area contributed by atoms with Gasteiger partial charge in [0.2, 0.25) is 0 Å². The second-order valence-electron chi connectivity index (χ2n) is 5.18. The third-order valence-corrected chi connectivity index (χ3v) is 3.57. The van der Waals surface area contributed by atoms with Crippen LogP contribution in [0, 0.1) is 0 Å². The number of hydrogen-bond acceptors (Lipinski definition) is 5. The molecule has 0 bridgehead atoms. The molecule has 0 saturated carbocycles. The van der Waals surface area contributed by atoms with Crippen LogP contribution < -0.4 is 10.8 Å². The van der Waals surface area contributed by atoms with Gasteiger partial charge in [-0.25, -0.2) is 10.5 Å². The number of aromatic nitrogens is 2. The smallest absolute Gasteiger partial charge is 0.274 e. The highest BCUT2D eigenvalue weighted by Crippen LogP contribution is 2.19. The summed E-state index contributed by atoms with van der Waals surface area (Å²) < 4.78 is 0. The number of benzene rings is 2. The number of amides is 1. The highest BCUT2D eigenvalue weighted by atomic mass is 16.5. The molecule has 0 aliphatic heterocycles. The van der Waals surface area contributed by atoms with Crippen molar-refractivity contribution in [1.82, 2.24) is 15.4 Å². The molecular formula is C17H16N4O2. The first kappa shape index (κ1) is 14.9. The minimum atomic E-state index is -0.579. The average molecular weight is 308 g/mol. The molecule has 2 aromatic carbocycles. The van der Waals surface area contributed by atoms with E-state index in [1.165, 1.54) is 0 Å². The molecular weight excluding hydrogens is 292 g/mol. The summed E-state index contributed by atoms with van der Waals surface area (Å²) >= 11 is 0. The first-order valence-electron chi connectivity index (χ1n) is 7.20. The quantitative estimate of drug-likeness (QED) is 0.509. The van der Waals surface area contributed by atoms with E-state index in [0.717, 1.165) is 5.56 Å². The van der Waals surface area contributed by atoms with E-state index in [9.17, 15) is 4.79 Å². The molecule has 0 radical (unpaired) electrons. The number of nitrogens with one attached hydrogen (secondary N) is 2. The van der Waals surface area contributed by atoms with E-state index >= 15 is 0 Å².